The van der Waals surface area contributed by atoms with Crippen molar-refractivity contribution in [1.82, 2.24) is 19.6 Å². The fraction of sp³-hybridized carbons (Fsp3) is 0.375. The van der Waals surface area contributed by atoms with Crippen molar-refractivity contribution in [2.75, 3.05) is 13.2 Å². The molecule has 2 N–H and O–H groups in total. The van der Waals surface area contributed by atoms with Crippen LogP contribution >= 0.6 is 0 Å². The van der Waals surface area contributed by atoms with Crippen molar-refractivity contribution in [3.05, 3.63) is 22.1 Å². The van der Waals surface area contributed by atoms with Gasteiger partial charge in [0.2, 0.25) is 0 Å². The lowest BCUT2D eigenvalue weighted by molar-refractivity contribution is 0.191. The van der Waals surface area contributed by atoms with Crippen LogP contribution in [0.3, 0.4) is 0 Å². The summed E-state index contributed by atoms with van der Waals surface area (Å²) in [5.41, 5.74) is 0.351. The fourth-order valence-electron chi connectivity index (χ4n) is 1.18. The topological polar surface area (TPSA) is 92.5 Å². The first-order valence-corrected chi connectivity index (χ1v) is 4.41. The molecule has 0 aliphatic carbocycles. The van der Waals surface area contributed by atoms with Crippen LogP contribution in [0.5, 0.6) is 6.01 Å². The monoisotopic (exact) mass is 210 g/mol. The lowest BCUT2D eigenvalue weighted by atomic mass is 10.5. The quantitative estimate of drug-likeness (QED) is 0.684. The molecule has 0 fully saturated rings. The van der Waals surface area contributed by atoms with Gasteiger partial charge in [-0.25, -0.2) is 10.1 Å². The molecule has 80 valence electrons. The number of H-pyrrole nitrogens is 1. The zero-order valence-corrected chi connectivity index (χ0v) is 8.10. The summed E-state index contributed by atoms with van der Waals surface area (Å²) in [6, 6.07) is 1.56. The van der Waals surface area contributed by atoms with Crippen molar-refractivity contribution in [3.63, 3.8) is 0 Å². The number of ether oxygens (including phenoxy) is 1. The van der Waals surface area contributed by atoms with Gasteiger partial charge in [0, 0.05) is 11.8 Å². The first-order chi connectivity index (χ1) is 7.20. The molecular weight excluding hydrogens is 200 g/mol. The molecule has 2 aromatic heterocycles. The van der Waals surface area contributed by atoms with E-state index in [1.54, 1.807) is 6.92 Å². The van der Waals surface area contributed by atoms with Crippen LogP contribution in [0, 0.1) is 6.92 Å². The molecule has 15 heavy (non-hydrogen) atoms. The Hall–Kier alpha value is -1.89. The molecule has 0 aliphatic rings. The van der Waals surface area contributed by atoms with Gasteiger partial charge in [-0.3, -0.25) is 4.79 Å². The van der Waals surface area contributed by atoms with Gasteiger partial charge in [0.1, 0.15) is 6.61 Å². The van der Waals surface area contributed by atoms with E-state index in [1.807, 2.05) is 0 Å². The summed E-state index contributed by atoms with van der Waals surface area (Å²) in [6.45, 7) is 1.72. The number of rotatable bonds is 3. The maximum Gasteiger partial charge on any atom is 0.312 e. The highest BCUT2D eigenvalue weighted by Crippen LogP contribution is 2.03. The Morgan fingerprint density at radius 2 is 2.40 bits per heavy atom. The van der Waals surface area contributed by atoms with E-state index < -0.39 is 0 Å². The number of hydrogen-bond acceptors (Lipinski definition) is 5. The Balaban J connectivity index is 2.46. The predicted molar refractivity (Wildman–Crippen MR) is 50.9 cm³/mol. The summed E-state index contributed by atoms with van der Waals surface area (Å²) in [5.74, 6) is 0.257. The summed E-state index contributed by atoms with van der Waals surface area (Å²) in [5, 5.41) is 11.2. The van der Waals surface area contributed by atoms with Crippen LogP contribution in [-0.4, -0.2) is 37.9 Å². The minimum Gasteiger partial charge on any atom is -0.461 e. The largest absolute Gasteiger partial charge is 0.461 e. The molecule has 0 aromatic carbocycles. The highest BCUT2D eigenvalue weighted by Gasteiger charge is 2.06. The number of aliphatic hydroxyl groups is 1. The number of fused-ring (bicyclic) bond motifs is 1. The molecule has 7 heteroatoms. The zero-order chi connectivity index (χ0) is 10.8. The molecule has 2 rings (SSSR count). The number of aliphatic hydroxyl groups excluding tert-OH is 1. The van der Waals surface area contributed by atoms with Crippen molar-refractivity contribution >= 4 is 5.78 Å². The molecule has 7 nitrogen and oxygen atoms in total. The first kappa shape index (κ1) is 9.66. The van der Waals surface area contributed by atoms with E-state index in [1.165, 1.54) is 10.6 Å². The van der Waals surface area contributed by atoms with E-state index in [0.29, 0.717) is 5.69 Å². The minimum absolute atomic E-state index is 0.113. The Morgan fingerprint density at radius 3 is 3.13 bits per heavy atom. The van der Waals surface area contributed by atoms with Gasteiger partial charge in [-0.05, 0) is 6.92 Å². The molecular formula is C8H10N4O3. The number of nitrogens with one attached hydrogen (secondary N) is 1. The van der Waals surface area contributed by atoms with Gasteiger partial charge in [0.15, 0.2) is 0 Å². The third kappa shape index (κ3) is 1.82. The van der Waals surface area contributed by atoms with Gasteiger partial charge >= 0.3 is 6.01 Å². The van der Waals surface area contributed by atoms with Crippen molar-refractivity contribution in [1.29, 1.82) is 0 Å². The SMILES string of the molecule is Cc1cc(=O)n2[nH]c(OCCO)nc2n1. The van der Waals surface area contributed by atoms with E-state index >= 15 is 0 Å². The molecule has 0 saturated carbocycles. The van der Waals surface area contributed by atoms with E-state index in [-0.39, 0.29) is 30.6 Å². The number of aromatic amines is 1. The highest BCUT2D eigenvalue weighted by atomic mass is 16.5. The Morgan fingerprint density at radius 1 is 1.60 bits per heavy atom. The molecule has 0 amide bonds. The molecule has 0 bridgehead atoms. The fourth-order valence-corrected chi connectivity index (χ4v) is 1.18. The van der Waals surface area contributed by atoms with Gasteiger partial charge in [0.05, 0.1) is 6.61 Å². The molecule has 0 spiro atoms. The maximum atomic E-state index is 11.4. The van der Waals surface area contributed by atoms with E-state index in [2.05, 4.69) is 15.1 Å². The van der Waals surface area contributed by atoms with E-state index in [9.17, 15) is 4.79 Å². The first-order valence-electron chi connectivity index (χ1n) is 4.41. The second kappa shape index (κ2) is 3.70. The lowest BCUT2D eigenvalue weighted by Crippen LogP contribution is -2.14. The molecule has 0 aliphatic heterocycles. The number of aromatic nitrogens is 4. The van der Waals surface area contributed by atoms with Gasteiger partial charge < -0.3 is 9.84 Å². The molecule has 0 radical (unpaired) electrons. The third-order valence-corrected chi connectivity index (χ3v) is 1.77. The predicted octanol–water partition coefficient (Wildman–Crippen LogP) is -0.903. The van der Waals surface area contributed by atoms with Crippen molar-refractivity contribution in [2.45, 2.75) is 6.92 Å². The normalized spacial score (nSPS) is 10.8. The van der Waals surface area contributed by atoms with Crippen LogP contribution < -0.4 is 10.3 Å². The molecule has 0 saturated heterocycles. The number of aryl methyl sites for hydroxylation is 1. The van der Waals surface area contributed by atoms with Gasteiger partial charge in [0.25, 0.3) is 11.3 Å². The highest BCUT2D eigenvalue weighted by molar-refractivity contribution is 5.28. The Bertz CT molecular complexity index is 530. The van der Waals surface area contributed by atoms with Crippen LogP contribution in [0.1, 0.15) is 5.69 Å². The average Bonchev–Trinajstić information content (AvgIpc) is 2.57. The minimum atomic E-state index is -0.246. The summed E-state index contributed by atoms with van der Waals surface area (Å²) in [6.07, 6.45) is 0. The molecule has 2 heterocycles. The van der Waals surface area contributed by atoms with Crippen LogP contribution in [0.2, 0.25) is 0 Å². The lowest BCUT2D eigenvalue weighted by Gasteiger charge is -1.95. The van der Waals surface area contributed by atoms with Crippen molar-refractivity contribution in [3.8, 4) is 6.01 Å². The van der Waals surface area contributed by atoms with Crippen LogP contribution in [0.4, 0.5) is 0 Å². The van der Waals surface area contributed by atoms with Gasteiger partial charge in [-0.15, -0.1) is 0 Å². The summed E-state index contributed by atoms with van der Waals surface area (Å²) in [7, 11) is 0. The summed E-state index contributed by atoms with van der Waals surface area (Å²) >= 11 is 0. The van der Waals surface area contributed by atoms with Crippen LogP contribution in [0.15, 0.2) is 10.9 Å². The Labute approximate surface area is 84.3 Å². The standard InChI is InChI=1S/C8H10N4O3/c1-5-4-6(14)12-7(9-5)10-8(11-12)15-3-2-13/h4,13H,2-3H2,1H3,(H,9,10,11). The zero-order valence-electron chi connectivity index (χ0n) is 8.10. The molecule has 2 aromatic rings. The van der Waals surface area contributed by atoms with E-state index in [4.69, 9.17) is 9.84 Å². The summed E-state index contributed by atoms with van der Waals surface area (Å²) < 4.78 is 6.20. The van der Waals surface area contributed by atoms with Crippen LogP contribution in [-0.2, 0) is 0 Å². The average molecular weight is 210 g/mol. The van der Waals surface area contributed by atoms with Crippen molar-refractivity contribution in [2.24, 2.45) is 0 Å². The maximum absolute atomic E-state index is 11.4. The third-order valence-electron chi connectivity index (χ3n) is 1.77. The van der Waals surface area contributed by atoms with E-state index in [0.717, 1.165) is 0 Å². The van der Waals surface area contributed by atoms with Gasteiger partial charge in [-0.2, -0.15) is 9.50 Å². The van der Waals surface area contributed by atoms with Crippen molar-refractivity contribution < 1.29 is 9.84 Å². The molecule has 0 atom stereocenters. The smallest absolute Gasteiger partial charge is 0.312 e. The summed E-state index contributed by atoms with van der Waals surface area (Å²) in [4.78, 5) is 19.4. The Kier molecular flexibility index (Phi) is 2.38. The second-order valence-corrected chi connectivity index (χ2v) is 2.97. The number of hydrogen-bond donors (Lipinski definition) is 2. The second-order valence-electron chi connectivity index (χ2n) is 2.97. The van der Waals surface area contributed by atoms with Crippen LogP contribution in [0.25, 0.3) is 5.78 Å². The van der Waals surface area contributed by atoms with Gasteiger partial charge in [-0.1, -0.05) is 0 Å². The number of nitrogens with zero attached hydrogens (tertiary/aromatic N) is 3. The molecule has 0 unspecified atom stereocenters.